The number of hydrogen-bond donors (Lipinski definition) is 0. The molecule has 0 aliphatic carbocycles. The Morgan fingerprint density at radius 3 is 2.61 bits per heavy atom. The van der Waals surface area contributed by atoms with Crippen LogP contribution in [0.2, 0.25) is 0 Å². The lowest BCUT2D eigenvalue weighted by Gasteiger charge is -2.33. The molecule has 0 aromatic heterocycles. The molecule has 0 saturated carbocycles. The summed E-state index contributed by atoms with van der Waals surface area (Å²) in [6.07, 6.45) is 0.227. The third-order valence-corrected chi connectivity index (χ3v) is 4.60. The number of carbonyl (C=O) groups is 2. The second kappa shape index (κ2) is 6.39. The van der Waals surface area contributed by atoms with Crippen molar-refractivity contribution in [2.75, 3.05) is 44.7 Å². The highest BCUT2D eigenvalue weighted by Gasteiger charge is 2.38. The second-order valence-corrected chi connectivity index (χ2v) is 6.16. The maximum Gasteiger partial charge on any atom is 0.228 e. The number of amides is 2. The Morgan fingerprint density at radius 1 is 1.22 bits per heavy atom. The van der Waals surface area contributed by atoms with Crippen molar-refractivity contribution in [2.24, 2.45) is 5.92 Å². The van der Waals surface area contributed by atoms with Crippen LogP contribution < -0.4 is 4.90 Å². The van der Waals surface area contributed by atoms with E-state index in [2.05, 4.69) is 11.0 Å². The molecule has 2 aliphatic rings. The molecule has 2 aliphatic heterocycles. The number of rotatable bonds is 2. The van der Waals surface area contributed by atoms with Crippen molar-refractivity contribution in [3.63, 3.8) is 0 Å². The van der Waals surface area contributed by atoms with Gasteiger partial charge in [0.25, 0.3) is 0 Å². The van der Waals surface area contributed by atoms with Crippen molar-refractivity contribution in [3.8, 4) is 6.07 Å². The molecule has 0 N–H and O–H groups in total. The zero-order chi connectivity index (χ0) is 16.4. The summed E-state index contributed by atoms with van der Waals surface area (Å²) in [5, 5.41) is 9.20. The normalized spacial score (nSPS) is 22.3. The van der Waals surface area contributed by atoms with Crippen LogP contribution in [-0.4, -0.2) is 61.4 Å². The van der Waals surface area contributed by atoms with Gasteiger partial charge in [-0.25, -0.2) is 0 Å². The summed E-state index contributed by atoms with van der Waals surface area (Å²) >= 11 is 0. The third kappa shape index (κ3) is 3.06. The molecule has 1 aromatic carbocycles. The van der Waals surface area contributed by atoms with Crippen LogP contribution in [0.25, 0.3) is 0 Å². The van der Waals surface area contributed by atoms with Gasteiger partial charge in [-0.3, -0.25) is 9.59 Å². The van der Waals surface area contributed by atoms with E-state index in [1.54, 1.807) is 29.2 Å². The summed E-state index contributed by atoms with van der Waals surface area (Å²) in [5.41, 5.74) is 1.07. The first kappa shape index (κ1) is 15.5. The molecule has 120 valence electrons. The predicted molar refractivity (Wildman–Crippen MR) is 85.7 cm³/mol. The van der Waals surface area contributed by atoms with Crippen LogP contribution in [0.5, 0.6) is 0 Å². The van der Waals surface area contributed by atoms with Gasteiger partial charge in [0, 0.05) is 39.1 Å². The third-order valence-electron chi connectivity index (χ3n) is 4.60. The molecule has 0 spiro atoms. The first-order valence-electron chi connectivity index (χ1n) is 7.87. The summed E-state index contributed by atoms with van der Waals surface area (Å²) in [5.74, 6) is -0.332. The number of hydrogen-bond acceptors (Lipinski definition) is 4. The second-order valence-electron chi connectivity index (χ2n) is 6.16. The molecule has 1 unspecified atom stereocenters. The van der Waals surface area contributed by atoms with E-state index in [0.29, 0.717) is 17.8 Å². The quantitative estimate of drug-likeness (QED) is 0.805. The van der Waals surface area contributed by atoms with Crippen LogP contribution in [0.4, 0.5) is 5.69 Å². The maximum absolute atomic E-state index is 12.6. The fourth-order valence-electron chi connectivity index (χ4n) is 3.19. The van der Waals surface area contributed by atoms with Crippen molar-refractivity contribution in [2.45, 2.75) is 6.42 Å². The number of para-hydroxylation sites is 1. The van der Waals surface area contributed by atoms with E-state index < -0.39 is 0 Å². The van der Waals surface area contributed by atoms with E-state index in [-0.39, 0.29) is 24.2 Å². The van der Waals surface area contributed by atoms with Gasteiger partial charge in [-0.1, -0.05) is 12.1 Å². The number of piperazine rings is 1. The minimum absolute atomic E-state index is 0.0587. The Balaban J connectivity index is 1.72. The molecule has 2 amide bonds. The number of carbonyl (C=O) groups excluding carboxylic acids is 2. The molecule has 1 atom stereocenters. The summed E-state index contributed by atoms with van der Waals surface area (Å²) in [4.78, 5) is 30.6. The Hall–Kier alpha value is -2.39. The van der Waals surface area contributed by atoms with E-state index in [1.165, 1.54) is 0 Å². The van der Waals surface area contributed by atoms with Gasteiger partial charge in [0.1, 0.15) is 6.07 Å². The Bertz CT molecular complexity index is 659. The minimum Gasteiger partial charge on any atom is -0.340 e. The molecule has 2 fully saturated rings. The van der Waals surface area contributed by atoms with Gasteiger partial charge >= 0.3 is 0 Å². The smallest absolute Gasteiger partial charge is 0.228 e. The summed E-state index contributed by atoms with van der Waals surface area (Å²) in [7, 11) is 2.04. The molecule has 6 heteroatoms. The van der Waals surface area contributed by atoms with Gasteiger partial charge in [-0.2, -0.15) is 5.26 Å². The number of likely N-dealkylation sites (N-methyl/N-ethyl adjacent to an activating group) is 1. The molecule has 1 aromatic rings. The van der Waals surface area contributed by atoms with Crippen LogP contribution in [0.15, 0.2) is 24.3 Å². The van der Waals surface area contributed by atoms with Gasteiger partial charge in [0.15, 0.2) is 0 Å². The van der Waals surface area contributed by atoms with Gasteiger partial charge < -0.3 is 14.7 Å². The molecular weight excluding hydrogens is 292 g/mol. The highest BCUT2D eigenvalue weighted by Crippen LogP contribution is 2.28. The highest BCUT2D eigenvalue weighted by atomic mass is 16.2. The number of anilines is 1. The first-order valence-corrected chi connectivity index (χ1v) is 7.87. The van der Waals surface area contributed by atoms with E-state index >= 15 is 0 Å². The average Bonchev–Trinajstić information content (AvgIpc) is 2.96. The Morgan fingerprint density at radius 2 is 1.91 bits per heavy atom. The number of benzene rings is 1. The summed E-state index contributed by atoms with van der Waals surface area (Å²) in [6.45, 7) is 3.53. The molecule has 0 radical (unpaired) electrons. The largest absolute Gasteiger partial charge is 0.340 e. The van der Waals surface area contributed by atoms with Crippen LogP contribution in [-0.2, 0) is 9.59 Å². The molecule has 2 heterocycles. The first-order chi connectivity index (χ1) is 11.1. The summed E-state index contributed by atoms with van der Waals surface area (Å²) in [6, 6.07) is 9.14. The predicted octanol–water partition coefficient (Wildman–Crippen LogP) is 0.685. The number of nitrogens with zero attached hydrogens (tertiary/aromatic N) is 4. The van der Waals surface area contributed by atoms with Crippen molar-refractivity contribution in [1.82, 2.24) is 9.80 Å². The van der Waals surface area contributed by atoms with Crippen molar-refractivity contribution < 1.29 is 9.59 Å². The molecule has 2 saturated heterocycles. The molecular formula is C17H20N4O2. The van der Waals surface area contributed by atoms with E-state index in [4.69, 9.17) is 0 Å². The standard InChI is InChI=1S/C17H20N4O2/c1-19-6-8-20(9-7-19)17(23)14-10-16(22)21(12-14)15-5-3-2-4-13(15)11-18/h2-5,14H,6-10,12H2,1H3. The lowest BCUT2D eigenvalue weighted by molar-refractivity contribution is -0.137. The van der Waals surface area contributed by atoms with Gasteiger partial charge in [0.05, 0.1) is 17.2 Å². The van der Waals surface area contributed by atoms with Crippen LogP contribution in [0.3, 0.4) is 0 Å². The lowest BCUT2D eigenvalue weighted by atomic mass is 10.1. The van der Waals surface area contributed by atoms with Crippen LogP contribution >= 0.6 is 0 Å². The molecule has 23 heavy (non-hydrogen) atoms. The zero-order valence-electron chi connectivity index (χ0n) is 13.2. The Kier molecular flexibility index (Phi) is 4.30. The van der Waals surface area contributed by atoms with Crippen molar-refractivity contribution in [1.29, 1.82) is 5.26 Å². The molecule has 3 rings (SSSR count). The maximum atomic E-state index is 12.6. The molecule has 6 nitrogen and oxygen atoms in total. The fourth-order valence-corrected chi connectivity index (χ4v) is 3.19. The van der Waals surface area contributed by atoms with E-state index in [9.17, 15) is 14.9 Å². The van der Waals surface area contributed by atoms with Gasteiger partial charge in [0.2, 0.25) is 11.8 Å². The van der Waals surface area contributed by atoms with E-state index in [0.717, 1.165) is 26.2 Å². The fraction of sp³-hybridized carbons (Fsp3) is 0.471. The number of nitriles is 1. The highest BCUT2D eigenvalue weighted by molar-refractivity contribution is 6.01. The molecule has 0 bridgehead atoms. The van der Waals surface area contributed by atoms with E-state index in [1.807, 2.05) is 11.9 Å². The van der Waals surface area contributed by atoms with Crippen molar-refractivity contribution in [3.05, 3.63) is 29.8 Å². The van der Waals surface area contributed by atoms with Crippen LogP contribution in [0.1, 0.15) is 12.0 Å². The monoisotopic (exact) mass is 312 g/mol. The van der Waals surface area contributed by atoms with Crippen molar-refractivity contribution >= 4 is 17.5 Å². The van der Waals surface area contributed by atoms with Gasteiger partial charge in [-0.15, -0.1) is 0 Å². The zero-order valence-corrected chi connectivity index (χ0v) is 13.2. The lowest BCUT2D eigenvalue weighted by Crippen LogP contribution is -2.49. The van der Waals surface area contributed by atoms with Gasteiger partial charge in [-0.05, 0) is 19.2 Å². The SMILES string of the molecule is CN1CCN(C(=O)C2CC(=O)N(c3ccccc3C#N)C2)CC1. The summed E-state index contributed by atoms with van der Waals surface area (Å²) < 4.78 is 0. The van der Waals surface area contributed by atoms with Crippen LogP contribution in [0, 0.1) is 17.2 Å². The Labute approximate surface area is 135 Å². The topological polar surface area (TPSA) is 67.7 Å². The minimum atomic E-state index is -0.308. The average molecular weight is 312 g/mol.